The zero-order chi connectivity index (χ0) is 26.9. The van der Waals surface area contributed by atoms with E-state index in [0.29, 0.717) is 28.4 Å². The molecule has 3 aromatic rings. The third-order valence-corrected chi connectivity index (χ3v) is 5.41. The van der Waals surface area contributed by atoms with Gasteiger partial charge in [-0.25, -0.2) is 0 Å². The number of anilines is 1. The van der Waals surface area contributed by atoms with Gasteiger partial charge in [0.2, 0.25) is 11.7 Å². The van der Waals surface area contributed by atoms with E-state index in [1.807, 2.05) is 0 Å². The van der Waals surface area contributed by atoms with Crippen LogP contribution in [0.4, 0.5) is 5.69 Å². The van der Waals surface area contributed by atoms with Gasteiger partial charge in [0, 0.05) is 11.6 Å². The van der Waals surface area contributed by atoms with E-state index in [9.17, 15) is 15.0 Å². The minimum absolute atomic E-state index is 0.00562. The van der Waals surface area contributed by atoms with Crippen LogP contribution >= 0.6 is 0 Å². The Morgan fingerprint density at radius 2 is 1.32 bits per heavy atom. The molecule has 9 heteroatoms. The third-order valence-electron chi connectivity index (χ3n) is 5.41. The summed E-state index contributed by atoms with van der Waals surface area (Å²) in [5, 5.41) is 23.2. The Hall–Kier alpha value is -4.79. The lowest BCUT2D eigenvalue weighted by Crippen LogP contribution is -2.09. The lowest BCUT2D eigenvalue weighted by atomic mass is 10.1. The van der Waals surface area contributed by atoms with Gasteiger partial charge in [-0.2, -0.15) is 0 Å². The summed E-state index contributed by atoms with van der Waals surface area (Å²) < 4.78 is 26.5. The lowest BCUT2D eigenvalue weighted by molar-refractivity contribution is -0.111. The smallest absolute Gasteiger partial charge is 0.248 e. The molecule has 0 aliphatic carbocycles. The van der Waals surface area contributed by atoms with Crippen LogP contribution in [-0.2, 0) is 4.79 Å². The molecule has 0 heterocycles. The average molecular weight is 508 g/mol. The van der Waals surface area contributed by atoms with E-state index in [0.717, 1.165) is 5.56 Å². The molecule has 9 nitrogen and oxygen atoms in total. The molecular weight excluding hydrogens is 478 g/mol. The summed E-state index contributed by atoms with van der Waals surface area (Å²) in [5.74, 6) is 1.22. The van der Waals surface area contributed by atoms with Gasteiger partial charge in [-0.1, -0.05) is 18.2 Å². The molecule has 0 atom stereocenters. The molecule has 37 heavy (non-hydrogen) atoms. The predicted octanol–water partition coefficient (Wildman–Crippen LogP) is 4.96. The average Bonchev–Trinajstić information content (AvgIpc) is 2.92. The quantitative estimate of drug-likeness (QED) is 0.200. The zero-order valence-corrected chi connectivity index (χ0v) is 21.2. The number of ether oxygens (including phenoxy) is 5. The number of phenolic OH excluding ortho intramolecular Hbond substituents is 2. The van der Waals surface area contributed by atoms with Crippen LogP contribution in [0, 0.1) is 0 Å². The maximum absolute atomic E-state index is 12.7. The van der Waals surface area contributed by atoms with Crippen LogP contribution < -0.4 is 29.0 Å². The molecule has 0 saturated heterocycles. The van der Waals surface area contributed by atoms with Crippen molar-refractivity contribution in [2.75, 3.05) is 40.9 Å². The summed E-state index contributed by atoms with van der Waals surface area (Å²) in [6.07, 6.45) is 6.36. The van der Waals surface area contributed by atoms with Crippen LogP contribution in [0.3, 0.4) is 0 Å². The number of carbonyl (C=O) groups excluding carboxylic acids is 1. The highest BCUT2D eigenvalue weighted by atomic mass is 16.5. The largest absolute Gasteiger partial charge is 0.504 e. The first-order valence-corrected chi connectivity index (χ1v) is 11.1. The van der Waals surface area contributed by atoms with Crippen molar-refractivity contribution in [2.24, 2.45) is 0 Å². The topological polar surface area (TPSA) is 116 Å². The van der Waals surface area contributed by atoms with Crippen LogP contribution in [0.25, 0.3) is 18.2 Å². The van der Waals surface area contributed by atoms with Gasteiger partial charge in [0.05, 0.1) is 41.2 Å². The van der Waals surface area contributed by atoms with E-state index >= 15 is 0 Å². The number of nitrogens with one attached hydrogen (secondary N) is 1. The fourth-order valence-electron chi connectivity index (χ4n) is 3.54. The van der Waals surface area contributed by atoms with Crippen molar-refractivity contribution >= 4 is 29.8 Å². The molecule has 0 saturated carbocycles. The molecule has 0 aliphatic rings. The second-order valence-electron chi connectivity index (χ2n) is 7.63. The standard InChI is InChI=1S/C28H29NO8/c1-33-21-12-10-19(9-6-18-15-23(35-3)28(37-5)24(16-18)36-4)26(27(21)32)29-25(31)13-8-17-7-11-20(30)22(14-17)34-2/h6-16,30,32H,1-5H3,(H,29,31)/b9-6?,13-8+. The Labute approximate surface area is 215 Å². The Balaban J connectivity index is 1.92. The van der Waals surface area contributed by atoms with Gasteiger partial charge < -0.3 is 39.2 Å². The molecule has 0 bridgehead atoms. The van der Waals surface area contributed by atoms with E-state index in [1.165, 1.54) is 47.7 Å². The molecule has 0 fully saturated rings. The SMILES string of the molecule is COc1cc(/C=C/C(=O)Nc2c(C=Cc3cc(OC)c(OC)c(OC)c3)ccc(OC)c2O)ccc1O. The highest BCUT2D eigenvalue weighted by Gasteiger charge is 2.15. The summed E-state index contributed by atoms with van der Waals surface area (Å²) in [7, 11) is 7.44. The first-order valence-electron chi connectivity index (χ1n) is 11.1. The molecule has 3 rings (SSSR count). The van der Waals surface area contributed by atoms with Crippen molar-refractivity contribution in [1.29, 1.82) is 0 Å². The molecule has 0 radical (unpaired) electrons. The van der Waals surface area contributed by atoms with Gasteiger partial charge in [0.25, 0.3) is 0 Å². The maximum atomic E-state index is 12.7. The van der Waals surface area contributed by atoms with E-state index in [4.69, 9.17) is 23.7 Å². The highest BCUT2D eigenvalue weighted by Crippen LogP contribution is 2.40. The van der Waals surface area contributed by atoms with Gasteiger partial charge in [-0.15, -0.1) is 0 Å². The number of methoxy groups -OCH3 is 5. The van der Waals surface area contributed by atoms with Gasteiger partial charge in [0.1, 0.15) is 0 Å². The van der Waals surface area contributed by atoms with Gasteiger partial charge in [-0.3, -0.25) is 4.79 Å². The van der Waals surface area contributed by atoms with Crippen molar-refractivity contribution in [3.05, 3.63) is 65.2 Å². The Morgan fingerprint density at radius 3 is 1.92 bits per heavy atom. The number of hydrogen-bond acceptors (Lipinski definition) is 8. The number of amides is 1. The molecule has 0 aromatic heterocycles. The van der Waals surface area contributed by atoms with E-state index in [1.54, 1.807) is 54.6 Å². The Morgan fingerprint density at radius 1 is 0.703 bits per heavy atom. The number of hydrogen-bond donors (Lipinski definition) is 3. The zero-order valence-electron chi connectivity index (χ0n) is 21.2. The van der Waals surface area contributed by atoms with Crippen molar-refractivity contribution < 1.29 is 38.7 Å². The molecule has 1 amide bonds. The summed E-state index contributed by atoms with van der Waals surface area (Å²) in [4.78, 5) is 12.7. The predicted molar refractivity (Wildman–Crippen MR) is 142 cm³/mol. The fourth-order valence-corrected chi connectivity index (χ4v) is 3.54. The lowest BCUT2D eigenvalue weighted by Gasteiger charge is -2.14. The molecule has 194 valence electrons. The number of carbonyl (C=O) groups is 1. The Kier molecular flexibility index (Phi) is 8.88. The number of benzene rings is 3. The van der Waals surface area contributed by atoms with Crippen LogP contribution in [-0.4, -0.2) is 51.7 Å². The van der Waals surface area contributed by atoms with Gasteiger partial charge >= 0.3 is 0 Å². The van der Waals surface area contributed by atoms with Crippen molar-refractivity contribution in [3.63, 3.8) is 0 Å². The number of aromatic hydroxyl groups is 2. The van der Waals surface area contributed by atoms with E-state index in [-0.39, 0.29) is 28.7 Å². The minimum atomic E-state index is -0.488. The van der Waals surface area contributed by atoms with Crippen LogP contribution in [0.1, 0.15) is 16.7 Å². The summed E-state index contributed by atoms with van der Waals surface area (Å²) >= 11 is 0. The maximum Gasteiger partial charge on any atom is 0.248 e. The minimum Gasteiger partial charge on any atom is -0.504 e. The van der Waals surface area contributed by atoms with Crippen LogP contribution in [0.15, 0.2) is 48.5 Å². The summed E-state index contributed by atoms with van der Waals surface area (Å²) in [5.41, 5.74) is 2.08. The molecule has 0 aliphatic heterocycles. The summed E-state index contributed by atoms with van der Waals surface area (Å²) in [6, 6.07) is 11.5. The van der Waals surface area contributed by atoms with Crippen LogP contribution in [0.5, 0.6) is 40.2 Å². The van der Waals surface area contributed by atoms with Crippen molar-refractivity contribution in [3.8, 4) is 40.2 Å². The normalized spacial score (nSPS) is 10.9. The highest BCUT2D eigenvalue weighted by molar-refractivity contribution is 6.04. The summed E-state index contributed by atoms with van der Waals surface area (Å²) in [6.45, 7) is 0. The fraction of sp³-hybridized carbons (Fsp3) is 0.179. The Bertz CT molecular complexity index is 1300. The molecule has 3 aromatic carbocycles. The number of rotatable bonds is 10. The second kappa shape index (κ2) is 12.3. The van der Waals surface area contributed by atoms with E-state index in [2.05, 4.69) is 5.32 Å². The second-order valence-corrected chi connectivity index (χ2v) is 7.63. The molecule has 0 unspecified atom stereocenters. The molecule has 3 N–H and O–H groups in total. The molecule has 0 spiro atoms. The molecular formula is C28H29NO8. The van der Waals surface area contributed by atoms with Crippen LogP contribution in [0.2, 0.25) is 0 Å². The monoisotopic (exact) mass is 507 g/mol. The first-order chi connectivity index (χ1) is 17.8. The van der Waals surface area contributed by atoms with Gasteiger partial charge in [0.15, 0.2) is 34.5 Å². The van der Waals surface area contributed by atoms with Gasteiger partial charge in [-0.05, 0) is 53.6 Å². The van der Waals surface area contributed by atoms with Crippen molar-refractivity contribution in [1.82, 2.24) is 0 Å². The van der Waals surface area contributed by atoms with E-state index < -0.39 is 5.91 Å². The first kappa shape index (κ1) is 26.8. The van der Waals surface area contributed by atoms with Crippen molar-refractivity contribution in [2.45, 2.75) is 0 Å². The number of phenols is 2. The third kappa shape index (κ3) is 6.26.